The molecule has 0 fully saturated rings. The second-order valence-electron chi connectivity index (χ2n) is 5.91. The van der Waals surface area contributed by atoms with Crippen molar-refractivity contribution in [3.8, 4) is 11.4 Å². The molecule has 0 saturated heterocycles. The molecule has 0 atom stereocenters. The fourth-order valence-corrected chi connectivity index (χ4v) is 2.80. The van der Waals surface area contributed by atoms with E-state index < -0.39 is 11.7 Å². The first kappa shape index (κ1) is 18.6. The smallest absolute Gasteiger partial charge is 0.274 e. The van der Waals surface area contributed by atoms with E-state index >= 15 is 0 Å². The van der Waals surface area contributed by atoms with E-state index in [1.54, 1.807) is 12.1 Å². The Labute approximate surface area is 169 Å². The minimum Gasteiger partial charge on any atom is -0.465 e. The van der Waals surface area contributed by atoms with E-state index in [4.69, 9.17) is 16.0 Å². The second-order valence-corrected chi connectivity index (χ2v) is 6.32. The van der Waals surface area contributed by atoms with Crippen molar-refractivity contribution in [3.63, 3.8) is 0 Å². The first-order chi connectivity index (χ1) is 14.1. The highest BCUT2D eigenvalue weighted by molar-refractivity contribution is 6.31. The molecule has 29 heavy (non-hydrogen) atoms. The molecule has 0 aliphatic rings. The van der Waals surface area contributed by atoms with Crippen molar-refractivity contribution < 1.29 is 13.6 Å². The van der Waals surface area contributed by atoms with Crippen LogP contribution >= 0.6 is 11.6 Å². The molecule has 2 heterocycles. The van der Waals surface area contributed by atoms with E-state index in [2.05, 4.69) is 20.8 Å². The number of furan rings is 1. The molecule has 2 aromatic carbocycles. The predicted octanol–water partition coefficient (Wildman–Crippen LogP) is 4.36. The monoisotopic (exact) mass is 409 g/mol. The van der Waals surface area contributed by atoms with Crippen LogP contribution in [-0.4, -0.2) is 26.1 Å². The van der Waals surface area contributed by atoms with Gasteiger partial charge in [-0.1, -0.05) is 41.9 Å². The molecule has 0 spiro atoms. The quantitative estimate of drug-likeness (QED) is 0.495. The molecule has 1 N–H and O–H groups in total. The van der Waals surface area contributed by atoms with E-state index in [0.717, 1.165) is 5.56 Å². The molecule has 4 aromatic rings. The number of rotatable bonds is 5. The lowest BCUT2D eigenvalue weighted by molar-refractivity contribution is -0.111. The third kappa shape index (κ3) is 4.07. The summed E-state index contributed by atoms with van der Waals surface area (Å²) in [6.07, 6.45) is 2.99. The fraction of sp³-hybridized carbons (Fsp3) is 0. The number of nitrogens with one attached hydrogen (secondary N) is 1. The van der Waals surface area contributed by atoms with Gasteiger partial charge in [-0.25, -0.2) is 4.39 Å². The lowest BCUT2D eigenvalue weighted by Gasteiger charge is -2.11. The Morgan fingerprint density at radius 2 is 1.97 bits per heavy atom. The zero-order chi connectivity index (χ0) is 20.2. The molecule has 7 nitrogen and oxygen atoms in total. The van der Waals surface area contributed by atoms with Crippen LogP contribution < -0.4 is 5.32 Å². The van der Waals surface area contributed by atoms with Crippen LogP contribution in [0, 0.1) is 5.82 Å². The van der Waals surface area contributed by atoms with Crippen molar-refractivity contribution in [3.05, 3.63) is 83.5 Å². The average Bonchev–Trinajstić information content (AvgIpc) is 3.41. The molecule has 9 heteroatoms. The highest BCUT2D eigenvalue weighted by Crippen LogP contribution is 2.23. The fourth-order valence-electron chi connectivity index (χ4n) is 2.62. The largest absolute Gasteiger partial charge is 0.465 e. The molecule has 1 amide bonds. The summed E-state index contributed by atoms with van der Waals surface area (Å²) in [6.45, 7) is 0. The number of nitrogens with zero attached hydrogens (tertiary/aromatic N) is 4. The van der Waals surface area contributed by atoms with Crippen LogP contribution in [0.15, 0.2) is 71.3 Å². The number of carbonyl (C=O) groups excluding carboxylic acids is 1. The van der Waals surface area contributed by atoms with Crippen LogP contribution in [0.2, 0.25) is 5.02 Å². The van der Waals surface area contributed by atoms with Gasteiger partial charge in [0.2, 0.25) is 0 Å². The molecule has 0 aliphatic heterocycles. The standard InChI is InChI=1S/C20H13ClFN5O2/c21-16-11-14(8-9-17(16)22)23-20(28)18(12-15-7-4-10-29-15)27-19(24-25-26-27)13-5-2-1-3-6-13/h1-12H,(H,23,28)/b18-12-. The minimum absolute atomic E-state index is 0.101. The van der Waals surface area contributed by atoms with Crippen molar-refractivity contribution in [1.29, 1.82) is 0 Å². The Morgan fingerprint density at radius 1 is 1.14 bits per heavy atom. The topological polar surface area (TPSA) is 85.8 Å². The molecule has 0 saturated carbocycles. The van der Waals surface area contributed by atoms with Crippen molar-refractivity contribution in [2.75, 3.05) is 5.32 Å². The summed E-state index contributed by atoms with van der Waals surface area (Å²) in [6, 6.07) is 16.5. The van der Waals surface area contributed by atoms with Gasteiger partial charge in [0.1, 0.15) is 17.3 Å². The Morgan fingerprint density at radius 3 is 2.69 bits per heavy atom. The van der Waals surface area contributed by atoms with Crippen LogP contribution in [0.4, 0.5) is 10.1 Å². The molecule has 144 valence electrons. The Bertz CT molecular complexity index is 1170. The summed E-state index contributed by atoms with van der Waals surface area (Å²) in [5.41, 5.74) is 1.14. The molecule has 0 aliphatic carbocycles. The van der Waals surface area contributed by atoms with Gasteiger partial charge in [0, 0.05) is 17.3 Å². The first-order valence-corrected chi connectivity index (χ1v) is 8.85. The van der Waals surface area contributed by atoms with E-state index in [9.17, 15) is 9.18 Å². The zero-order valence-electron chi connectivity index (χ0n) is 14.8. The maximum absolute atomic E-state index is 13.4. The van der Waals surface area contributed by atoms with Gasteiger partial charge < -0.3 is 9.73 Å². The van der Waals surface area contributed by atoms with Crippen LogP contribution in [0.3, 0.4) is 0 Å². The van der Waals surface area contributed by atoms with Crippen LogP contribution in [0.25, 0.3) is 23.2 Å². The zero-order valence-corrected chi connectivity index (χ0v) is 15.5. The normalized spacial score (nSPS) is 11.4. The number of hydrogen-bond donors (Lipinski definition) is 1. The molecule has 4 rings (SSSR count). The Hall–Kier alpha value is -3.78. The van der Waals surface area contributed by atoms with Gasteiger partial charge in [0.15, 0.2) is 5.82 Å². The van der Waals surface area contributed by atoms with Crippen molar-refractivity contribution >= 4 is 35.0 Å². The van der Waals surface area contributed by atoms with Gasteiger partial charge in [0.05, 0.1) is 11.3 Å². The number of amides is 1. The van der Waals surface area contributed by atoms with E-state index in [1.165, 1.54) is 35.2 Å². The summed E-state index contributed by atoms with van der Waals surface area (Å²) in [5.74, 6) is -0.311. The predicted molar refractivity (Wildman–Crippen MR) is 106 cm³/mol. The Kier molecular flexibility index (Phi) is 5.17. The number of carbonyl (C=O) groups is 1. The average molecular weight is 410 g/mol. The highest BCUT2D eigenvalue weighted by atomic mass is 35.5. The first-order valence-electron chi connectivity index (χ1n) is 8.47. The molecule has 0 unspecified atom stereocenters. The number of aromatic nitrogens is 4. The van der Waals surface area contributed by atoms with Crippen molar-refractivity contribution in [2.24, 2.45) is 0 Å². The number of tetrazole rings is 1. The number of benzene rings is 2. The summed E-state index contributed by atoms with van der Waals surface area (Å²) in [5, 5.41) is 14.3. The number of halogens is 2. The van der Waals surface area contributed by atoms with E-state index in [1.807, 2.05) is 30.3 Å². The van der Waals surface area contributed by atoms with Gasteiger partial charge in [-0.2, -0.15) is 4.68 Å². The summed E-state index contributed by atoms with van der Waals surface area (Å²) in [7, 11) is 0. The summed E-state index contributed by atoms with van der Waals surface area (Å²) in [4.78, 5) is 13.0. The van der Waals surface area contributed by atoms with Crippen LogP contribution in [0.1, 0.15) is 5.76 Å². The maximum Gasteiger partial charge on any atom is 0.274 e. The third-order valence-electron chi connectivity index (χ3n) is 3.96. The summed E-state index contributed by atoms with van der Waals surface area (Å²) < 4.78 is 20.0. The Balaban J connectivity index is 1.75. The van der Waals surface area contributed by atoms with Crippen molar-refractivity contribution in [2.45, 2.75) is 0 Å². The van der Waals surface area contributed by atoms with Gasteiger partial charge >= 0.3 is 0 Å². The molecule has 0 bridgehead atoms. The summed E-state index contributed by atoms with van der Waals surface area (Å²) >= 11 is 5.80. The highest BCUT2D eigenvalue weighted by Gasteiger charge is 2.20. The maximum atomic E-state index is 13.4. The molecule has 0 radical (unpaired) electrons. The van der Waals surface area contributed by atoms with E-state index in [0.29, 0.717) is 17.3 Å². The minimum atomic E-state index is -0.581. The lowest BCUT2D eigenvalue weighted by Crippen LogP contribution is -2.19. The third-order valence-corrected chi connectivity index (χ3v) is 4.25. The van der Waals surface area contributed by atoms with Crippen LogP contribution in [-0.2, 0) is 4.79 Å². The second kappa shape index (κ2) is 8.07. The van der Waals surface area contributed by atoms with Crippen molar-refractivity contribution in [1.82, 2.24) is 20.2 Å². The van der Waals surface area contributed by atoms with E-state index in [-0.39, 0.29) is 10.7 Å². The molecular formula is C20H13ClFN5O2. The van der Waals surface area contributed by atoms with Gasteiger partial charge in [-0.3, -0.25) is 4.79 Å². The van der Waals surface area contributed by atoms with Crippen LogP contribution in [0.5, 0.6) is 0 Å². The number of anilines is 1. The van der Waals surface area contributed by atoms with Gasteiger partial charge in [0.25, 0.3) is 5.91 Å². The lowest BCUT2D eigenvalue weighted by atomic mass is 10.2. The SMILES string of the molecule is O=C(Nc1ccc(F)c(Cl)c1)/C(=C/c1ccco1)n1nnnc1-c1ccccc1. The molecule has 2 aromatic heterocycles. The van der Waals surface area contributed by atoms with Gasteiger partial charge in [-0.15, -0.1) is 5.10 Å². The van der Waals surface area contributed by atoms with Gasteiger partial charge in [-0.05, 0) is 40.8 Å². The number of hydrogen-bond acceptors (Lipinski definition) is 5. The molecular weight excluding hydrogens is 397 g/mol.